The van der Waals surface area contributed by atoms with Gasteiger partial charge in [0.1, 0.15) is 17.7 Å². The standard InChI is InChI=1S/C11H7Cl2FO2/c12-6-1-2-7(8(14)5-6)11(15)9-3-4-10(13)16-9/h1-5,11,15H. The molecule has 0 aliphatic heterocycles. The van der Waals surface area contributed by atoms with Crippen LogP contribution in [0.15, 0.2) is 34.7 Å². The Morgan fingerprint density at radius 2 is 1.94 bits per heavy atom. The maximum Gasteiger partial charge on any atom is 0.193 e. The van der Waals surface area contributed by atoms with E-state index in [1.54, 1.807) is 0 Å². The molecule has 0 fully saturated rings. The fourth-order valence-corrected chi connectivity index (χ4v) is 1.66. The van der Waals surface area contributed by atoms with Crippen molar-refractivity contribution in [3.8, 4) is 0 Å². The number of hydrogen-bond donors (Lipinski definition) is 1. The van der Waals surface area contributed by atoms with Crippen molar-refractivity contribution in [1.29, 1.82) is 0 Å². The molecule has 1 N–H and O–H groups in total. The van der Waals surface area contributed by atoms with Crippen LogP contribution in [-0.2, 0) is 0 Å². The average Bonchev–Trinajstić information content (AvgIpc) is 2.64. The number of hydrogen-bond acceptors (Lipinski definition) is 2. The molecule has 16 heavy (non-hydrogen) atoms. The highest BCUT2D eigenvalue weighted by atomic mass is 35.5. The Balaban J connectivity index is 2.37. The molecule has 0 aliphatic carbocycles. The molecule has 5 heteroatoms. The molecule has 0 saturated carbocycles. The minimum absolute atomic E-state index is 0.0930. The SMILES string of the molecule is OC(c1ccc(Cl)o1)c1ccc(Cl)cc1F. The Kier molecular flexibility index (Phi) is 3.19. The van der Waals surface area contributed by atoms with E-state index in [4.69, 9.17) is 27.6 Å². The molecular formula is C11H7Cl2FO2. The van der Waals surface area contributed by atoms with Gasteiger partial charge in [0.05, 0.1) is 0 Å². The van der Waals surface area contributed by atoms with E-state index < -0.39 is 11.9 Å². The summed E-state index contributed by atoms with van der Waals surface area (Å²) in [6.07, 6.45) is -1.19. The van der Waals surface area contributed by atoms with Crippen LogP contribution in [0.25, 0.3) is 0 Å². The molecule has 1 aromatic carbocycles. The van der Waals surface area contributed by atoms with Gasteiger partial charge in [0.25, 0.3) is 0 Å². The second-order valence-electron chi connectivity index (χ2n) is 3.21. The summed E-state index contributed by atoms with van der Waals surface area (Å²) in [5.41, 5.74) is 0.0930. The fraction of sp³-hybridized carbons (Fsp3) is 0.0909. The van der Waals surface area contributed by atoms with Gasteiger partial charge in [-0.1, -0.05) is 17.7 Å². The number of benzene rings is 1. The molecule has 84 valence electrons. The Bertz CT molecular complexity index is 510. The molecule has 0 bridgehead atoms. The van der Waals surface area contributed by atoms with Gasteiger partial charge in [-0.3, -0.25) is 0 Å². The van der Waals surface area contributed by atoms with Crippen LogP contribution >= 0.6 is 23.2 Å². The Morgan fingerprint density at radius 1 is 1.19 bits per heavy atom. The van der Waals surface area contributed by atoms with E-state index in [-0.39, 0.29) is 21.6 Å². The molecule has 2 rings (SSSR count). The second kappa shape index (κ2) is 4.45. The van der Waals surface area contributed by atoms with E-state index in [0.717, 1.165) is 6.07 Å². The molecule has 1 atom stereocenters. The van der Waals surface area contributed by atoms with Gasteiger partial charge in [0, 0.05) is 10.6 Å². The summed E-state index contributed by atoms with van der Waals surface area (Å²) in [7, 11) is 0. The van der Waals surface area contributed by atoms with Crippen LogP contribution < -0.4 is 0 Å². The van der Waals surface area contributed by atoms with E-state index in [2.05, 4.69) is 0 Å². The maximum atomic E-state index is 13.5. The molecule has 2 aromatic rings. The van der Waals surface area contributed by atoms with Gasteiger partial charge < -0.3 is 9.52 Å². The van der Waals surface area contributed by atoms with E-state index in [1.807, 2.05) is 0 Å². The number of furan rings is 1. The monoisotopic (exact) mass is 260 g/mol. The maximum absolute atomic E-state index is 13.5. The van der Waals surface area contributed by atoms with Crippen LogP contribution in [0, 0.1) is 5.82 Å². The summed E-state index contributed by atoms with van der Waals surface area (Å²) in [5.74, 6) is -0.404. The summed E-state index contributed by atoms with van der Waals surface area (Å²) in [4.78, 5) is 0. The lowest BCUT2D eigenvalue weighted by molar-refractivity contribution is 0.185. The van der Waals surface area contributed by atoms with Gasteiger partial charge in [0.15, 0.2) is 5.22 Å². The number of rotatable bonds is 2. The molecule has 0 amide bonds. The van der Waals surface area contributed by atoms with Gasteiger partial charge in [-0.2, -0.15) is 0 Å². The third kappa shape index (κ3) is 2.21. The highest BCUT2D eigenvalue weighted by molar-refractivity contribution is 6.30. The van der Waals surface area contributed by atoms with Crippen molar-refractivity contribution in [3.05, 3.63) is 57.7 Å². The first-order chi connectivity index (χ1) is 7.58. The summed E-state index contributed by atoms with van der Waals surface area (Å²) in [6, 6.07) is 6.99. The second-order valence-corrected chi connectivity index (χ2v) is 4.02. The van der Waals surface area contributed by atoms with Crippen molar-refractivity contribution >= 4 is 23.2 Å². The molecule has 1 heterocycles. The smallest absolute Gasteiger partial charge is 0.193 e. The Hall–Kier alpha value is -1.03. The molecule has 0 saturated heterocycles. The molecule has 1 aromatic heterocycles. The van der Waals surface area contributed by atoms with Crippen molar-refractivity contribution in [2.75, 3.05) is 0 Å². The van der Waals surface area contributed by atoms with Gasteiger partial charge in [0.2, 0.25) is 0 Å². The first-order valence-corrected chi connectivity index (χ1v) is 5.22. The Morgan fingerprint density at radius 3 is 2.50 bits per heavy atom. The highest BCUT2D eigenvalue weighted by Gasteiger charge is 2.18. The first-order valence-electron chi connectivity index (χ1n) is 4.46. The van der Waals surface area contributed by atoms with Crippen LogP contribution in [0.5, 0.6) is 0 Å². The minimum atomic E-state index is -1.19. The number of halogens is 3. The van der Waals surface area contributed by atoms with Crippen molar-refractivity contribution < 1.29 is 13.9 Å². The quantitative estimate of drug-likeness (QED) is 0.891. The number of aliphatic hydroxyl groups excluding tert-OH is 1. The van der Waals surface area contributed by atoms with Crippen molar-refractivity contribution in [2.45, 2.75) is 6.10 Å². The van der Waals surface area contributed by atoms with Crippen LogP contribution in [-0.4, -0.2) is 5.11 Å². The zero-order valence-electron chi connectivity index (χ0n) is 7.95. The Labute approximate surface area is 101 Å². The van der Waals surface area contributed by atoms with Crippen molar-refractivity contribution in [2.24, 2.45) is 0 Å². The predicted molar refractivity (Wildman–Crippen MR) is 59.2 cm³/mol. The highest BCUT2D eigenvalue weighted by Crippen LogP contribution is 2.28. The predicted octanol–water partition coefficient (Wildman–Crippen LogP) is 3.81. The third-order valence-electron chi connectivity index (χ3n) is 2.12. The molecule has 1 unspecified atom stereocenters. The van der Waals surface area contributed by atoms with Gasteiger partial charge in [-0.25, -0.2) is 4.39 Å². The van der Waals surface area contributed by atoms with Crippen LogP contribution in [0.4, 0.5) is 4.39 Å². The van der Waals surface area contributed by atoms with E-state index in [0.29, 0.717) is 0 Å². The first kappa shape index (κ1) is 11.5. The van der Waals surface area contributed by atoms with Crippen molar-refractivity contribution in [3.63, 3.8) is 0 Å². The fourth-order valence-electron chi connectivity index (χ4n) is 1.35. The van der Waals surface area contributed by atoms with Gasteiger partial charge in [-0.05, 0) is 35.9 Å². The van der Waals surface area contributed by atoms with Crippen molar-refractivity contribution in [1.82, 2.24) is 0 Å². The lowest BCUT2D eigenvalue weighted by atomic mass is 10.1. The molecule has 0 radical (unpaired) electrons. The minimum Gasteiger partial charge on any atom is -0.447 e. The van der Waals surface area contributed by atoms with Gasteiger partial charge in [-0.15, -0.1) is 0 Å². The number of aliphatic hydroxyl groups is 1. The summed E-state index contributed by atoms with van der Waals surface area (Å²) >= 11 is 11.2. The molecule has 0 aliphatic rings. The molecule has 0 spiro atoms. The topological polar surface area (TPSA) is 33.4 Å². The van der Waals surface area contributed by atoms with Crippen LogP contribution in [0.1, 0.15) is 17.4 Å². The van der Waals surface area contributed by atoms with E-state index >= 15 is 0 Å². The normalized spacial score (nSPS) is 12.8. The average molecular weight is 261 g/mol. The summed E-state index contributed by atoms with van der Waals surface area (Å²) < 4.78 is 18.5. The molecular weight excluding hydrogens is 254 g/mol. The lowest BCUT2D eigenvalue weighted by Crippen LogP contribution is -2.01. The van der Waals surface area contributed by atoms with Gasteiger partial charge >= 0.3 is 0 Å². The van der Waals surface area contributed by atoms with Crippen LogP contribution in [0.3, 0.4) is 0 Å². The summed E-state index contributed by atoms with van der Waals surface area (Å²) in [5, 5.41) is 10.3. The summed E-state index contributed by atoms with van der Waals surface area (Å²) in [6.45, 7) is 0. The lowest BCUT2D eigenvalue weighted by Gasteiger charge is -2.09. The molecule has 2 nitrogen and oxygen atoms in total. The van der Waals surface area contributed by atoms with E-state index in [1.165, 1.54) is 24.3 Å². The largest absolute Gasteiger partial charge is 0.447 e. The zero-order valence-corrected chi connectivity index (χ0v) is 9.47. The zero-order chi connectivity index (χ0) is 11.7. The van der Waals surface area contributed by atoms with Crippen LogP contribution in [0.2, 0.25) is 10.2 Å². The van der Waals surface area contributed by atoms with E-state index in [9.17, 15) is 9.50 Å². The third-order valence-corrected chi connectivity index (χ3v) is 2.56.